The van der Waals surface area contributed by atoms with E-state index in [0.29, 0.717) is 12.2 Å². The molecule has 0 aromatic heterocycles. The largest absolute Gasteiger partial charge is 0.350 e. The summed E-state index contributed by atoms with van der Waals surface area (Å²) in [4.78, 5) is 15.6. The summed E-state index contributed by atoms with van der Waals surface area (Å²) >= 11 is 2.17. The lowest BCUT2D eigenvalue weighted by Crippen LogP contribution is -2.40. The third kappa shape index (κ3) is 6.83. The zero-order chi connectivity index (χ0) is 24.7. The van der Waals surface area contributed by atoms with E-state index in [0.717, 1.165) is 28.8 Å². The number of benzene rings is 3. The minimum Gasteiger partial charge on any atom is -0.350 e. The molecule has 0 atom stereocenters. The summed E-state index contributed by atoms with van der Waals surface area (Å²) in [6.45, 7) is 3.12. The van der Waals surface area contributed by atoms with Crippen LogP contribution in [0.4, 0.5) is 5.69 Å². The minimum atomic E-state index is -3.91. The number of hydrogen-bond acceptors (Lipinski definition) is 4. The maximum atomic E-state index is 13.4. The Kier molecular flexibility index (Phi) is 8.80. The molecule has 0 radical (unpaired) electrons. The number of rotatable bonds is 9. The molecule has 1 amide bonds. The Morgan fingerprint density at radius 3 is 2.17 bits per heavy atom. The van der Waals surface area contributed by atoms with Gasteiger partial charge in [0, 0.05) is 16.7 Å². The van der Waals surface area contributed by atoms with Gasteiger partial charge in [-0.3, -0.25) is 14.0 Å². The van der Waals surface area contributed by atoms with E-state index in [-0.39, 0.29) is 17.3 Å². The monoisotopic (exact) mass is 603 g/mol. The average Bonchev–Trinajstić information content (AvgIpc) is 2.88. The number of carbonyl (C=O) groups excluding carboxylic acids is 1. The van der Waals surface area contributed by atoms with Gasteiger partial charge in [0.15, 0.2) is 0 Å². The number of nitrogens with zero attached hydrogens (tertiary/aromatic N) is 2. The van der Waals surface area contributed by atoms with Gasteiger partial charge in [-0.15, -0.1) is 0 Å². The summed E-state index contributed by atoms with van der Waals surface area (Å²) in [5.74, 6) is -0.351. The number of sulfonamides is 1. The smallest absolute Gasteiger partial charge is 0.264 e. The summed E-state index contributed by atoms with van der Waals surface area (Å²) in [6.07, 6.45) is 3.74. The minimum absolute atomic E-state index is 0.151. The van der Waals surface area contributed by atoms with Gasteiger partial charge < -0.3 is 5.32 Å². The first kappa shape index (κ1) is 25.7. The first-order valence-electron chi connectivity index (χ1n) is 11.8. The van der Waals surface area contributed by atoms with Crippen molar-refractivity contribution in [3.63, 3.8) is 0 Å². The van der Waals surface area contributed by atoms with E-state index in [4.69, 9.17) is 0 Å². The fraction of sp³-hybridized carbons (Fsp3) is 0.296. The number of amides is 1. The lowest BCUT2D eigenvalue weighted by molar-refractivity contribution is -0.119. The molecule has 4 rings (SSSR count). The number of carbonyl (C=O) groups is 1. The Morgan fingerprint density at radius 1 is 0.857 bits per heavy atom. The lowest BCUT2D eigenvalue weighted by Gasteiger charge is -2.27. The highest BCUT2D eigenvalue weighted by atomic mass is 127. The van der Waals surface area contributed by atoms with Crippen LogP contribution >= 0.6 is 22.6 Å². The highest BCUT2D eigenvalue weighted by Gasteiger charge is 2.27. The molecule has 6 nitrogen and oxygen atoms in total. The molecule has 0 bridgehead atoms. The van der Waals surface area contributed by atoms with Crippen molar-refractivity contribution in [2.24, 2.45) is 0 Å². The predicted octanol–water partition coefficient (Wildman–Crippen LogP) is 4.79. The van der Waals surface area contributed by atoms with Crippen LogP contribution in [0.25, 0.3) is 0 Å². The molecule has 1 saturated heterocycles. The predicted molar refractivity (Wildman–Crippen MR) is 148 cm³/mol. The third-order valence-corrected chi connectivity index (χ3v) is 8.68. The van der Waals surface area contributed by atoms with Crippen molar-refractivity contribution >= 4 is 44.2 Å². The van der Waals surface area contributed by atoms with Gasteiger partial charge >= 0.3 is 0 Å². The van der Waals surface area contributed by atoms with Gasteiger partial charge in [0.1, 0.15) is 6.54 Å². The fourth-order valence-corrected chi connectivity index (χ4v) is 6.07. The van der Waals surface area contributed by atoms with Crippen molar-refractivity contribution in [2.45, 2.75) is 37.2 Å². The van der Waals surface area contributed by atoms with Crippen LogP contribution in [-0.4, -0.2) is 38.9 Å². The molecule has 1 heterocycles. The quantitative estimate of drug-likeness (QED) is 0.358. The van der Waals surface area contributed by atoms with Gasteiger partial charge in [-0.2, -0.15) is 0 Å². The number of nitrogens with one attached hydrogen (secondary N) is 1. The third-order valence-electron chi connectivity index (χ3n) is 6.17. The first-order valence-corrected chi connectivity index (χ1v) is 14.3. The Balaban J connectivity index is 1.49. The Morgan fingerprint density at radius 2 is 1.49 bits per heavy atom. The lowest BCUT2D eigenvalue weighted by atomic mass is 10.0. The van der Waals surface area contributed by atoms with E-state index in [9.17, 15) is 13.2 Å². The van der Waals surface area contributed by atoms with Crippen LogP contribution in [0.15, 0.2) is 83.8 Å². The number of halogens is 1. The van der Waals surface area contributed by atoms with E-state index >= 15 is 0 Å². The van der Waals surface area contributed by atoms with Gasteiger partial charge in [0.2, 0.25) is 5.91 Å². The molecule has 8 heteroatoms. The number of anilines is 1. The molecule has 3 aromatic carbocycles. The maximum Gasteiger partial charge on any atom is 0.264 e. The summed E-state index contributed by atoms with van der Waals surface area (Å²) in [7, 11) is -3.91. The normalized spacial score (nSPS) is 14.4. The van der Waals surface area contributed by atoms with Crippen molar-refractivity contribution in [1.82, 2.24) is 10.2 Å². The summed E-state index contributed by atoms with van der Waals surface area (Å²) in [6, 6.07) is 23.5. The van der Waals surface area contributed by atoms with E-state index in [1.807, 2.05) is 30.3 Å². The van der Waals surface area contributed by atoms with Crippen LogP contribution in [-0.2, 0) is 27.9 Å². The molecule has 1 N–H and O–H groups in total. The SMILES string of the molecule is O=C(CN(c1ccc(I)cc1)S(=O)(=O)c1ccccc1)NCc1ccccc1CN1CCCCC1. The average molecular weight is 604 g/mol. The van der Waals surface area contributed by atoms with Crippen LogP contribution in [0.5, 0.6) is 0 Å². The number of hydrogen-bond donors (Lipinski definition) is 1. The van der Waals surface area contributed by atoms with Crippen molar-refractivity contribution in [2.75, 3.05) is 23.9 Å². The Bertz CT molecular complexity index is 1230. The number of piperidine rings is 1. The summed E-state index contributed by atoms with van der Waals surface area (Å²) < 4.78 is 29.0. The molecule has 0 aliphatic carbocycles. The highest BCUT2D eigenvalue weighted by molar-refractivity contribution is 14.1. The molecule has 184 valence electrons. The topological polar surface area (TPSA) is 69.7 Å². The second-order valence-electron chi connectivity index (χ2n) is 8.68. The zero-order valence-corrected chi connectivity index (χ0v) is 22.5. The van der Waals surface area contributed by atoms with E-state index in [2.05, 4.69) is 38.9 Å². The molecule has 0 saturated carbocycles. The number of likely N-dealkylation sites (tertiary alicyclic amines) is 1. The van der Waals surface area contributed by atoms with E-state index in [1.165, 1.54) is 29.1 Å². The van der Waals surface area contributed by atoms with E-state index < -0.39 is 10.0 Å². The first-order chi connectivity index (χ1) is 16.9. The fourth-order valence-electron chi connectivity index (χ4n) is 4.26. The van der Waals surface area contributed by atoms with Gasteiger partial charge in [-0.1, -0.05) is 48.9 Å². The molecule has 1 aliphatic heterocycles. The summed E-state index contributed by atoms with van der Waals surface area (Å²) in [5, 5.41) is 2.95. The van der Waals surface area contributed by atoms with Crippen LogP contribution in [0, 0.1) is 3.57 Å². The molecule has 0 spiro atoms. The molecular weight excluding hydrogens is 573 g/mol. The molecule has 3 aromatic rings. The summed E-state index contributed by atoms with van der Waals surface area (Å²) in [5.41, 5.74) is 2.70. The second-order valence-corrected chi connectivity index (χ2v) is 11.8. The van der Waals surface area contributed by atoms with Crippen LogP contribution in [0.1, 0.15) is 30.4 Å². The van der Waals surface area contributed by atoms with Crippen LogP contribution in [0.3, 0.4) is 0 Å². The van der Waals surface area contributed by atoms with Gasteiger partial charge in [-0.05, 0) is 96.0 Å². The standard InChI is InChI=1S/C27H30IN3O3S/c28-24-13-15-25(16-14-24)31(35(33,34)26-11-3-1-4-12-26)21-27(32)29-19-22-9-5-6-10-23(22)20-30-17-7-2-8-18-30/h1,3-6,9-16H,2,7-8,17-21H2,(H,29,32). The van der Waals surface area contributed by atoms with Crippen molar-refractivity contribution in [3.8, 4) is 0 Å². The van der Waals surface area contributed by atoms with Crippen molar-refractivity contribution in [1.29, 1.82) is 0 Å². The Labute approximate surface area is 221 Å². The van der Waals surface area contributed by atoms with Crippen LogP contribution < -0.4 is 9.62 Å². The Hall–Kier alpha value is -2.43. The zero-order valence-electron chi connectivity index (χ0n) is 19.6. The highest BCUT2D eigenvalue weighted by Crippen LogP contribution is 2.24. The maximum absolute atomic E-state index is 13.4. The molecule has 35 heavy (non-hydrogen) atoms. The van der Waals surface area contributed by atoms with Crippen molar-refractivity contribution < 1.29 is 13.2 Å². The van der Waals surface area contributed by atoms with Gasteiger partial charge in [0.05, 0.1) is 10.6 Å². The molecule has 1 aliphatic rings. The molecule has 1 fully saturated rings. The molecule has 0 unspecified atom stereocenters. The molecular formula is C27H30IN3O3S. The second kappa shape index (κ2) is 12.0. The van der Waals surface area contributed by atoms with Crippen LogP contribution in [0.2, 0.25) is 0 Å². The van der Waals surface area contributed by atoms with E-state index in [1.54, 1.807) is 42.5 Å². The van der Waals surface area contributed by atoms with Crippen molar-refractivity contribution in [3.05, 3.63) is 93.6 Å². The van der Waals surface area contributed by atoms with Gasteiger partial charge in [-0.25, -0.2) is 8.42 Å². The van der Waals surface area contributed by atoms with Gasteiger partial charge in [0.25, 0.3) is 10.0 Å².